The fourth-order valence-corrected chi connectivity index (χ4v) is 1.75. The molecule has 1 atom stereocenters. The molecule has 0 fully saturated rings. The van der Waals surface area contributed by atoms with E-state index >= 15 is 0 Å². The lowest BCUT2D eigenvalue weighted by Crippen LogP contribution is -2.16. The van der Waals surface area contributed by atoms with Crippen LogP contribution < -0.4 is 0 Å². The van der Waals surface area contributed by atoms with E-state index in [0.29, 0.717) is 6.42 Å². The van der Waals surface area contributed by atoms with Crippen molar-refractivity contribution in [2.45, 2.75) is 34.1 Å². The van der Waals surface area contributed by atoms with Gasteiger partial charge in [-0.2, -0.15) is 0 Å². The van der Waals surface area contributed by atoms with E-state index in [-0.39, 0.29) is 16.6 Å². The highest BCUT2D eigenvalue weighted by molar-refractivity contribution is 5.76. The molecule has 0 aromatic rings. The van der Waals surface area contributed by atoms with Crippen molar-refractivity contribution in [1.29, 1.82) is 0 Å². The SMILES string of the molecule is CC(=O)CC1(C)C=CC=CC(C)(C)C=C1. The molecule has 1 rings (SSSR count). The summed E-state index contributed by atoms with van der Waals surface area (Å²) in [7, 11) is 0. The predicted molar refractivity (Wildman–Crippen MR) is 64.6 cm³/mol. The van der Waals surface area contributed by atoms with Crippen LogP contribution in [0.25, 0.3) is 0 Å². The van der Waals surface area contributed by atoms with Crippen molar-refractivity contribution in [2.24, 2.45) is 10.8 Å². The second kappa shape index (κ2) is 4.18. The van der Waals surface area contributed by atoms with E-state index in [1.165, 1.54) is 0 Å². The van der Waals surface area contributed by atoms with E-state index in [4.69, 9.17) is 0 Å². The van der Waals surface area contributed by atoms with Gasteiger partial charge < -0.3 is 0 Å². The van der Waals surface area contributed by atoms with Crippen LogP contribution in [0.2, 0.25) is 0 Å². The number of carbonyl (C=O) groups excluding carboxylic acids is 1. The van der Waals surface area contributed by atoms with Crippen molar-refractivity contribution in [3.63, 3.8) is 0 Å². The van der Waals surface area contributed by atoms with Gasteiger partial charge in [-0.25, -0.2) is 0 Å². The maximum atomic E-state index is 11.2. The standard InChI is InChI=1S/C14H20O/c1-12(15)11-14(4)8-6-5-7-13(2,3)9-10-14/h5-10H,11H2,1-4H3. The van der Waals surface area contributed by atoms with Crippen molar-refractivity contribution >= 4 is 5.78 Å². The largest absolute Gasteiger partial charge is 0.300 e. The van der Waals surface area contributed by atoms with Crippen molar-refractivity contribution in [1.82, 2.24) is 0 Å². The van der Waals surface area contributed by atoms with Crippen molar-refractivity contribution < 1.29 is 4.79 Å². The smallest absolute Gasteiger partial charge is 0.131 e. The van der Waals surface area contributed by atoms with Crippen LogP contribution in [0.4, 0.5) is 0 Å². The molecule has 1 aliphatic carbocycles. The molecule has 0 aliphatic heterocycles. The molecule has 1 nitrogen and oxygen atoms in total. The molecule has 0 radical (unpaired) electrons. The number of carbonyl (C=O) groups is 1. The lowest BCUT2D eigenvalue weighted by atomic mass is 9.80. The van der Waals surface area contributed by atoms with Crippen LogP contribution >= 0.6 is 0 Å². The van der Waals surface area contributed by atoms with Gasteiger partial charge >= 0.3 is 0 Å². The third kappa shape index (κ3) is 3.86. The normalized spacial score (nSPS) is 28.5. The van der Waals surface area contributed by atoms with E-state index in [2.05, 4.69) is 51.2 Å². The van der Waals surface area contributed by atoms with Gasteiger partial charge in [0.05, 0.1) is 0 Å². The zero-order valence-corrected chi connectivity index (χ0v) is 10.1. The Kier molecular flexibility index (Phi) is 3.33. The lowest BCUT2D eigenvalue weighted by Gasteiger charge is -2.24. The monoisotopic (exact) mass is 204 g/mol. The molecule has 0 bridgehead atoms. The Balaban J connectivity index is 2.97. The molecule has 82 valence electrons. The van der Waals surface area contributed by atoms with E-state index in [0.717, 1.165) is 0 Å². The van der Waals surface area contributed by atoms with Crippen LogP contribution in [-0.4, -0.2) is 5.78 Å². The maximum absolute atomic E-state index is 11.2. The number of hydrogen-bond donors (Lipinski definition) is 0. The Bertz CT molecular complexity index is 331. The molecule has 0 saturated heterocycles. The third-order valence-electron chi connectivity index (χ3n) is 2.64. The Morgan fingerprint density at radius 3 is 2.20 bits per heavy atom. The summed E-state index contributed by atoms with van der Waals surface area (Å²) in [5, 5.41) is 0. The van der Waals surface area contributed by atoms with Crippen LogP contribution in [0.15, 0.2) is 36.5 Å². The maximum Gasteiger partial charge on any atom is 0.131 e. The van der Waals surface area contributed by atoms with Gasteiger partial charge in [-0.15, -0.1) is 0 Å². The fourth-order valence-electron chi connectivity index (χ4n) is 1.75. The molecular weight excluding hydrogens is 184 g/mol. The lowest BCUT2D eigenvalue weighted by molar-refractivity contribution is -0.118. The Morgan fingerprint density at radius 1 is 1.00 bits per heavy atom. The molecule has 1 aliphatic rings. The molecule has 1 heteroatoms. The number of hydrogen-bond acceptors (Lipinski definition) is 1. The predicted octanol–water partition coefficient (Wildman–Crippen LogP) is 3.68. The molecule has 15 heavy (non-hydrogen) atoms. The molecule has 1 unspecified atom stereocenters. The molecule has 0 N–H and O–H groups in total. The quantitative estimate of drug-likeness (QED) is 0.627. The minimum absolute atomic E-state index is 0.0722. The highest BCUT2D eigenvalue weighted by Crippen LogP contribution is 2.31. The van der Waals surface area contributed by atoms with Crippen LogP contribution in [0, 0.1) is 10.8 Å². The molecule has 0 spiro atoms. The van der Waals surface area contributed by atoms with E-state index in [1.54, 1.807) is 6.92 Å². The molecule has 0 amide bonds. The zero-order valence-electron chi connectivity index (χ0n) is 10.1. The van der Waals surface area contributed by atoms with E-state index < -0.39 is 0 Å². The molecule has 0 heterocycles. The van der Waals surface area contributed by atoms with Crippen molar-refractivity contribution in [3.05, 3.63) is 36.5 Å². The van der Waals surface area contributed by atoms with Crippen molar-refractivity contribution in [2.75, 3.05) is 0 Å². The fraction of sp³-hybridized carbons (Fsp3) is 0.500. The van der Waals surface area contributed by atoms with E-state index in [1.807, 2.05) is 6.08 Å². The van der Waals surface area contributed by atoms with Crippen LogP contribution in [-0.2, 0) is 4.79 Å². The second-order valence-electron chi connectivity index (χ2n) is 5.26. The van der Waals surface area contributed by atoms with Crippen LogP contribution in [0.5, 0.6) is 0 Å². The molecule has 0 aromatic heterocycles. The average Bonchev–Trinajstić information content (AvgIpc) is 2.07. The Hall–Kier alpha value is -1.11. The summed E-state index contributed by atoms with van der Waals surface area (Å²) < 4.78 is 0. The molecular formula is C14H20O. The first-order valence-corrected chi connectivity index (χ1v) is 5.40. The summed E-state index contributed by atoms with van der Waals surface area (Å²) in [4.78, 5) is 11.2. The summed E-state index contributed by atoms with van der Waals surface area (Å²) in [6, 6.07) is 0. The van der Waals surface area contributed by atoms with Crippen LogP contribution in [0.3, 0.4) is 0 Å². The van der Waals surface area contributed by atoms with Crippen LogP contribution in [0.1, 0.15) is 34.1 Å². The van der Waals surface area contributed by atoms with Gasteiger partial charge in [-0.05, 0) is 6.92 Å². The second-order valence-corrected chi connectivity index (χ2v) is 5.26. The summed E-state index contributed by atoms with van der Waals surface area (Å²) in [6.45, 7) is 8.06. The Morgan fingerprint density at radius 2 is 1.60 bits per heavy atom. The molecule has 0 aromatic carbocycles. The minimum Gasteiger partial charge on any atom is -0.300 e. The number of rotatable bonds is 2. The summed E-state index contributed by atoms with van der Waals surface area (Å²) in [5.41, 5.74) is -0.0589. The highest BCUT2D eigenvalue weighted by atomic mass is 16.1. The topological polar surface area (TPSA) is 17.1 Å². The van der Waals surface area contributed by atoms with Gasteiger partial charge in [-0.1, -0.05) is 57.2 Å². The van der Waals surface area contributed by atoms with Gasteiger partial charge in [0.15, 0.2) is 0 Å². The van der Waals surface area contributed by atoms with Gasteiger partial charge in [0.25, 0.3) is 0 Å². The third-order valence-corrected chi connectivity index (χ3v) is 2.64. The zero-order chi connectivity index (χ0) is 11.5. The van der Waals surface area contributed by atoms with Gasteiger partial charge in [0, 0.05) is 17.3 Å². The van der Waals surface area contributed by atoms with Gasteiger partial charge in [-0.3, -0.25) is 4.79 Å². The van der Waals surface area contributed by atoms with Gasteiger partial charge in [0.1, 0.15) is 5.78 Å². The number of ketones is 1. The summed E-state index contributed by atoms with van der Waals surface area (Å²) in [5.74, 6) is 0.231. The van der Waals surface area contributed by atoms with Gasteiger partial charge in [0.2, 0.25) is 0 Å². The first kappa shape index (κ1) is 12.0. The number of allylic oxidation sites excluding steroid dienone is 6. The summed E-state index contributed by atoms with van der Waals surface area (Å²) >= 11 is 0. The highest BCUT2D eigenvalue weighted by Gasteiger charge is 2.21. The van der Waals surface area contributed by atoms with E-state index in [9.17, 15) is 4.79 Å². The number of Topliss-reactive ketones (excluding diaryl/α,β-unsaturated/α-hetero) is 1. The first-order chi connectivity index (χ1) is 6.83. The minimum atomic E-state index is -0.131. The Labute approximate surface area is 92.6 Å². The average molecular weight is 204 g/mol. The summed E-state index contributed by atoms with van der Waals surface area (Å²) in [6.07, 6.45) is 13.2. The molecule has 0 saturated carbocycles. The van der Waals surface area contributed by atoms with Crippen molar-refractivity contribution in [3.8, 4) is 0 Å². The first-order valence-electron chi connectivity index (χ1n) is 5.40.